The molecule has 78 valence electrons. The van der Waals surface area contributed by atoms with Crippen molar-refractivity contribution in [3.63, 3.8) is 0 Å². The highest BCUT2D eigenvalue weighted by molar-refractivity contribution is 4.84. The third-order valence-corrected chi connectivity index (χ3v) is 3.44. The molecule has 1 fully saturated rings. The summed E-state index contributed by atoms with van der Waals surface area (Å²) in [6, 6.07) is 0. The van der Waals surface area contributed by atoms with Crippen LogP contribution in [0.2, 0.25) is 0 Å². The Morgan fingerprint density at radius 1 is 1.38 bits per heavy atom. The van der Waals surface area contributed by atoms with E-state index in [4.69, 9.17) is 0 Å². The standard InChI is InChI=1S/C11H23NO/c1-8(11(2,3)4)5-9-6-12-7-10(9)13/h8-10,12-13H,5-7H2,1-4H3. The molecule has 0 radical (unpaired) electrons. The van der Waals surface area contributed by atoms with Crippen LogP contribution < -0.4 is 5.32 Å². The monoisotopic (exact) mass is 185 g/mol. The van der Waals surface area contributed by atoms with Crippen LogP contribution in [0.4, 0.5) is 0 Å². The van der Waals surface area contributed by atoms with Crippen molar-refractivity contribution in [3.05, 3.63) is 0 Å². The molecular weight excluding hydrogens is 162 g/mol. The van der Waals surface area contributed by atoms with Gasteiger partial charge < -0.3 is 10.4 Å². The van der Waals surface area contributed by atoms with Crippen LogP contribution in [0.25, 0.3) is 0 Å². The number of aliphatic hydroxyl groups is 1. The first-order valence-electron chi connectivity index (χ1n) is 5.30. The van der Waals surface area contributed by atoms with Crippen LogP contribution >= 0.6 is 0 Å². The molecule has 0 aromatic heterocycles. The average Bonchev–Trinajstić information content (AvgIpc) is 2.34. The van der Waals surface area contributed by atoms with Gasteiger partial charge in [0.15, 0.2) is 0 Å². The van der Waals surface area contributed by atoms with Crippen molar-refractivity contribution in [3.8, 4) is 0 Å². The predicted molar refractivity (Wildman–Crippen MR) is 55.6 cm³/mol. The van der Waals surface area contributed by atoms with Gasteiger partial charge in [-0.2, -0.15) is 0 Å². The minimum absolute atomic E-state index is 0.121. The van der Waals surface area contributed by atoms with Crippen molar-refractivity contribution < 1.29 is 5.11 Å². The maximum atomic E-state index is 9.64. The Labute approximate surface area is 81.7 Å². The molecule has 1 aliphatic heterocycles. The summed E-state index contributed by atoms with van der Waals surface area (Å²) in [5.74, 6) is 1.14. The molecule has 0 spiro atoms. The van der Waals surface area contributed by atoms with Crippen LogP contribution in [-0.2, 0) is 0 Å². The molecule has 0 amide bonds. The molecule has 1 heterocycles. The first-order chi connectivity index (χ1) is 5.91. The van der Waals surface area contributed by atoms with Gasteiger partial charge in [-0.15, -0.1) is 0 Å². The van der Waals surface area contributed by atoms with Crippen LogP contribution in [-0.4, -0.2) is 24.3 Å². The summed E-state index contributed by atoms with van der Waals surface area (Å²) in [6.07, 6.45) is 1.02. The second-order valence-electron chi connectivity index (χ2n) is 5.49. The number of β-amino-alcohol motifs (C(OH)–C–C–N with tert-alkyl or cyclic N) is 1. The van der Waals surface area contributed by atoms with E-state index in [1.54, 1.807) is 0 Å². The van der Waals surface area contributed by atoms with E-state index in [1.165, 1.54) is 0 Å². The number of hydrogen-bond acceptors (Lipinski definition) is 2. The second-order valence-corrected chi connectivity index (χ2v) is 5.49. The zero-order valence-electron chi connectivity index (χ0n) is 9.30. The molecule has 13 heavy (non-hydrogen) atoms. The third kappa shape index (κ3) is 2.96. The van der Waals surface area contributed by atoms with Gasteiger partial charge in [0.25, 0.3) is 0 Å². The van der Waals surface area contributed by atoms with Crippen molar-refractivity contribution in [2.75, 3.05) is 13.1 Å². The van der Waals surface area contributed by atoms with Crippen molar-refractivity contribution in [1.82, 2.24) is 5.32 Å². The van der Waals surface area contributed by atoms with Crippen LogP contribution in [0.15, 0.2) is 0 Å². The molecule has 0 aromatic rings. The van der Waals surface area contributed by atoms with Crippen molar-refractivity contribution >= 4 is 0 Å². The average molecular weight is 185 g/mol. The van der Waals surface area contributed by atoms with Crippen LogP contribution in [0.3, 0.4) is 0 Å². The first-order valence-corrected chi connectivity index (χ1v) is 5.30. The van der Waals surface area contributed by atoms with E-state index in [1.807, 2.05) is 0 Å². The summed E-state index contributed by atoms with van der Waals surface area (Å²) in [7, 11) is 0. The lowest BCUT2D eigenvalue weighted by atomic mass is 9.76. The highest BCUT2D eigenvalue weighted by atomic mass is 16.3. The maximum absolute atomic E-state index is 9.64. The van der Waals surface area contributed by atoms with E-state index in [0.717, 1.165) is 19.5 Å². The Morgan fingerprint density at radius 3 is 2.38 bits per heavy atom. The fraction of sp³-hybridized carbons (Fsp3) is 1.00. The van der Waals surface area contributed by atoms with Gasteiger partial charge in [-0.25, -0.2) is 0 Å². The third-order valence-electron chi connectivity index (χ3n) is 3.44. The lowest BCUT2D eigenvalue weighted by Gasteiger charge is -2.30. The number of nitrogens with one attached hydrogen (secondary N) is 1. The lowest BCUT2D eigenvalue weighted by Crippen LogP contribution is -2.26. The zero-order chi connectivity index (χ0) is 10.1. The molecule has 0 aromatic carbocycles. The molecule has 2 N–H and O–H groups in total. The SMILES string of the molecule is CC(CC1CNCC1O)C(C)(C)C. The largest absolute Gasteiger partial charge is 0.391 e. The summed E-state index contributed by atoms with van der Waals surface area (Å²) in [4.78, 5) is 0. The molecule has 1 rings (SSSR count). The van der Waals surface area contributed by atoms with Gasteiger partial charge >= 0.3 is 0 Å². The van der Waals surface area contributed by atoms with E-state index >= 15 is 0 Å². The Kier molecular flexibility index (Phi) is 3.36. The highest BCUT2D eigenvalue weighted by Crippen LogP contribution is 2.32. The molecular formula is C11H23NO. The van der Waals surface area contributed by atoms with Gasteiger partial charge in [-0.3, -0.25) is 0 Å². The van der Waals surface area contributed by atoms with Gasteiger partial charge in [-0.1, -0.05) is 27.7 Å². The lowest BCUT2D eigenvalue weighted by molar-refractivity contribution is 0.113. The van der Waals surface area contributed by atoms with E-state index in [2.05, 4.69) is 33.0 Å². The van der Waals surface area contributed by atoms with E-state index in [-0.39, 0.29) is 6.10 Å². The highest BCUT2D eigenvalue weighted by Gasteiger charge is 2.30. The zero-order valence-corrected chi connectivity index (χ0v) is 9.30. The Hall–Kier alpha value is -0.0800. The summed E-state index contributed by atoms with van der Waals surface area (Å²) in [5, 5.41) is 12.9. The Morgan fingerprint density at radius 2 is 2.00 bits per heavy atom. The summed E-state index contributed by atoms with van der Waals surface area (Å²) >= 11 is 0. The molecule has 2 heteroatoms. The minimum atomic E-state index is -0.121. The van der Waals surface area contributed by atoms with E-state index in [9.17, 15) is 5.11 Å². The number of aliphatic hydroxyl groups excluding tert-OH is 1. The fourth-order valence-corrected chi connectivity index (χ4v) is 1.77. The molecule has 3 atom stereocenters. The normalized spacial score (nSPS) is 32.1. The van der Waals surface area contributed by atoms with Gasteiger partial charge in [-0.05, 0) is 23.7 Å². The first kappa shape index (κ1) is 11.0. The molecule has 0 saturated carbocycles. The van der Waals surface area contributed by atoms with Gasteiger partial charge in [0.1, 0.15) is 0 Å². The summed E-state index contributed by atoms with van der Waals surface area (Å²) in [5.41, 5.74) is 0.363. The summed E-state index contributed by atoms with van der Waals surface area (Å²) < 4.78 is 0. The van der Waals surface area contributed by atoms with Crippen molar-refractivity contribution in [2.45, 2.75) is 40.2 Å². The van der Waals surface area contributed by atoms with Crippen LogP contribution in [0.1, 0.15) is 34.1 Å². The van der Waals surface area contributed by atoms with Gasteiger partial charge in [0, 0.05) is 13.1 Å². The number of rotatable bonds is 2. The van der Waals surface area contributed by atoms with E-state index in [0.29, 0.717) is 17.3 Å². The fourth-order valence-electron chi connectivity index (χ4n) is 1.77. The smallest absolute Gasteiger partial charge is 0.0704 e. The van der Waals surface area contributed by atoms with Crippen molar-refractivity contribution in [1.29, 1.82) is 0 Å². The molecule has 3 unspecified atom stereocenters. The van der Waals surface area contributed by atoms with Gasteiger partial charge in [0.2, 0.25) is 0 Å². The molecule has 1 aliphatic rings. The quantitative estimate of drug-likeness (QED) is 0.685. The Balaban J connectivity index is 2.40. The second kappa shape index (κ2) is 3.97. The van der Waals surface area contributed by atoms with E-state index < -0.39 is 0 Å². The topological polar surface area (TPSA) is 32.3 Å². The Bertz CT molecular complexity index is 162. The maximum Gasteiger partial charge on any atom is 0.0704 e. The predicted octanol–water partition coefficient (Wildman–Crippen LogP) is 1.64. The van der Waals surface area contributed by atoms with Gasteiger partial charge in [0.05, 0.1) is 6.10 Å². The molecule has 1 saturated heterocycles. The minimum Gasteiger partial charge on any atom is -0.391 e. The molecule has 0 aliphatic carbocycles. The molecule has 0 bridgehead atoms. The number of hydrogen-bond donors (Lipinski definition) is 2. The van der Waals surface area contributed by atoms with Crippen LogP contribution in [0.5, 0.6) is 0 Å². The van der Waals surface area contributed by atoms with Crippen molar-refractivity contribution in [2.24, 2.45) is 17.3 Å². The molecule has 2 nitrogen and oxygen atoms in total. The summed E-state index contributed by atoms with van der Waals surface area (Å²) in [6.45, 7) is 10.9. The van der Waals surface area contributed by atoms with Crippen LogP contribution in [0, 0.1) is 17.3 Å².